The minimum atomic E-state index is -0.221. The van der Waals surface area contributed by atoms with Crippen LogP contribution in [0.15, 0.2) is 70.0 Å². The number of rotatable bonds is 6. The number of aryl methyl sites for hydroxylation is 2. The zero-order valence-electron chi connectivity index (χ0n) is 16.7. The number of hydrogen-bond donors (Lipinski definition) is 2. The first-order valence-corrected chi connectivity index (χ1v) is 10.0. The Kier molecular flexibility index (Phi) is 5.95. The summed E-state index contributed by atoms with van der Waals surface area (Å²) in [5.74, 6) is 1.39. The molecule has 0 saturated carbocycles. The quantitative estimate of drug-likeness (QED) is 0.461. The molecule has 0 unspecified atom stereocenters. The fourth-order valence-corrected chi connectivity index (χ4v) is 3.20. The van der Waals surface area contributed by atoms with Crippen LogP contribution >= 0.6 is 11.6 Å². The van der Waals surface area contributed by atoms with Crippen LogP contribution in [0.3, 0.4) is 0 Å². The number of benzene rings is 2. The third-order valence-electron chi connectivity index (χ3n) is 4.54. The lowest BCUT2D eigenvalue weighted by Crippen LogP contribution is -2.13. The number of carbonyl (C=O) groups is 1. The maximum Gasteiger partial charge on any atom is 0.251 e. The van der Waals surface area contributed by atoms with Gasteiger partial charge in [0.1, 0.15) is 5.82 Å². The van der Waals surface area contributed by atoms with Gasteiger partial charge in [0.2, 0.25) is 5.91 Å². The first-order valence-electron chi connectivity index (χ1n) is 9.65. The topological polar surface area (TPSA) is 101 Å². The minimum absolute atomic E-state index is 0.172. The van der Waals surface area contributed by atoms with Crippen LogP contribution in [-0.4, -0.2) is 20.9 Å². The Morgan fingerprint density at radius 3 is 2.71 bits per heavy atom. The van der Waals surface area contributed by atoms with Gasteiger partial charge in [-0.2, -0.15) is 0 Å². The van der Waals surface area contributed by atoms with Gasteiger partial charge in [0, 0.05) is 46.4 Å². The number of anilines is 1. The number of aromatic amines is 1. The Balaban J connectivity index is 1.38. The Hall–Kier alpha value is -3.71. The number of oxazole rings is 1. The van der Waals surface area contributed by atoms with Crippen molar-refractivity contribution in [2.24, 2.45) is 0 Å². The zero-order chi connectivity index (χ0) is 21.8. The lowest BCUT2D eigenvalue weighted by atomic mass is 10.1. The summed E-state index contributed by atoms with van der Waals surface area (Å²) in [5, 5.41) is 3.50. The van der Waals surface area contributed by atoms with Crippen molar-refractivity contribution in [1.82, 2.24) is 15.0 Å². The van der Waals surface area contributed by atoms with E-state index in [1.807, 2.05) is 18.2 Å². The highest BCUT2D eigenvalue weighted by Crippen LogP contribution is 2.23. The monoisotopic (exact) mass is 434 g/mol. The Morgan fingerprint density at radius 1 is 1.13 bits per heavy atom. The highest BCUT2D eigenvalue weighted by molar-refractivity contribution is 6.30. The van der Waals surface area contributed by atoms with Gasteiger partial charge in [0.15, 0.2) is 11.7 Å². The number of amides is 1. The standard InChI is InChI=1S/C23H19ClN4O3/c1-14-11-21(30)28-23(26-14)16-3-2-4-18(12-16)27-20(29)9-10-22-25-13-19(31-22)15-5-7-17(24)8-6-15/h2-8,11-13H,9-10H2,1H3,(H,27,29)(H,26,28,30). The second-order valence-electron chi connectivity index (χ2n) is 6.99. The SMILES string of the molecule is Cc1cc(=O)[nH]c(-c2cccc(NC(=O)CCc3ncc(-c4ccc(Cl)cc4)o3)c2)n1. The van der Waals surface area contributed by atoms with Gasteiger partial charge in [0.25, 0.3) is 5.56 Å². The van der Waals surface area contributed by atoms with Crippen molar-refractivity contribution in [3.8, 4) is 22.7 Å². The molecule has 0 bridgehead atoms. The third kappa shape index (κ3) is 5.26. The van der Waals surface area contributed by atoms with Crippen LogP contribution in [-0.2, 0) is 11.2 Å². The van der Waals surface area contributed by atoms with Gasteiger partial charge in [-0.05, 0) is 43.3 Å². The van der Waals surface area contributed by atoms with Crippen LogP contribution in [0, 0.1) is 6.92 Å². The summed E-state index contributed by atoms with van der Waals surface area (Å²) >= 11 is 5.90. The lowest BCUT2D eigenvalue weighted by Gasteiger charge is -2.07. The summed E-state index contributed by atoms with van der Waals surface area (Å²) < 4.78 is 5.73. The van der Waals surface area contributed by atoms with E-state index in [4.69, 9.17) is 16.0 Å². The van der Waals surface area contributed by atoms with Gasteiger partial charge in [0.05, 0.1) is 6.20 Å². The summed E-state index contributed by atoms with van der Waals surface area (Å²) in [4.78, 5) is 35.4. The summed E-state index contributed by atoms with van der Waals surface area (Å²) in [6.45, 7) is 1.76. The van der Waals surface area contributed by atoms with Crippen LogP contribution in [0.25, 0.3) is 22.7 Å². The van der Waals surface area contributed by atoms with Gasteiger partial charge >= 0.3 is 0 Å². The van der Waals surface area contributed by atoms with Crippen molar-refractivity contribution in [2.75, 3.05) is 5.32 Å². The van der Waals surface area contributed by atoms with Gasteiger partial charge in [-0.25, -0.2) is 9.97 Å². The Morgan fingerprint density at radius 2 is 1.94 bits per heavy atom. The van der Waals surface area contributed by atoms with Crippen molar-refractivity contribution < 1.29 is 9.21 Å². The maximum atomic E-state index is 12.4. The van der Waals surface area contributed by atoms with Crippen molar-refractivity contribution in [1.29, 1.82) is 0 Å². The predicted molar refractivity (Wildman–Crippen MR) is 119 cm³/mol. The summed E-state index contributed by atoms with van der Waals surface area (Å²) in [5.41, 5.74) is 2.59. The van der Waals surface area contributed by atoms with Gasteiger partial charge in [-0.3, -0.25) is 9.59 Å². The van der Waals surface area contributed by atoms with E-state index in [2.05, 4.69) is 20.3 Å². The number of nitrogens with zero attached hydrogens (tertiary/aromatic N) is 2. The number of aromatic nitrogens is 3. The molecule has 4 rings (SSSR count). The molecule has 156 valence electrons. The van der Waals surface area contributed by atoms with Crippen LogP contribution in [0.4, 0.5) is 5.69 Å². The molecule has 2 heterocycles. The van der Waals surface area contributed by atoms with Gasteiger partial charge in [-0.15, -0.1) is 0 Å². The van der Waals surface area contributed by atoms with E-state index in [0.717, 1.165) is 5.56 Å². The van der Waals surface area contributed by atoms with E-state index >= 15 is 0 Å². The molecule has 0 radical (unpaired) electrons. The predicted octanol–water partition coefficient (Wildman–Crippen LogP) is 4.63. The second kappa shape index (κ2) is 8.97. The summed E-state index contributed by atoms with van der Waals surface area (Å²) in [6.07, 6.45) is 2.21. The number of nitrogens with one attached hydrogen (secondary N) is 2. The average molecular weight is 435 g/mol. The van der Waals surface area contributed by atoms with E-state index < -0.39 is 0 Å². The highest BCUT2D eigenvalue weighted by Gasteiger charge is 2.10. The van der Waals surface area contributed by atoms with Gasteiger partial charge in [-0.1, -0.05) is 23.7 Å². The molecule has 2 aromatic carbocycles. The van der Waals surface area contributed by atoms with Gasteiger partial charge < -0.3 is 14.7 Å². The third-order valence-corrected chi connectivity index (χ3v) is 4.79. The molecular formula is C23H19ClN4O3. The highest BCUT2D eigenvalue weighted by atomic mass is 35.5. The molecule has 2 aromatic heterocycles. The van der Waals surface area contributed by atoms with Crippen LogP contribution in [0.5, 0.6) is 0 Å². The molecule has 31 heavy (non-hydrogen) atoms. The van der Waals surface area contributed by atoms with E-state index in [-0.39, 0.29) is 17.9 Å². The molecule has 0 aliphatic heterocycles. The number of carbonyl (C=O) groups excluding carboxylic acids is 1. The molecule has 8 heteroatoms. The smallest absolute Gasteiger partial charge is 0.251 e. The largest absolute Gasteiger partial charge is 0.441 e. The molecule has 0 saturated heterocycles. The Labute approximate surface area is 183 Å². The first kappa shape index (κ1) is 20.6. The maximum absolute atomic E-state index is 12.4. The van der Waals surface area contributed by atoms with Crippen LogP contribution in [0.1, 0.15) is 18.0 Å². The van der Waals surface area contributed by atoms with Crippen molar-refractivity contribution in [2.45, 2.75) is 19.8 Å². The normalized spacial score (nSPS) is 10.8. The first-order chi connectivity index (χ1) is 15.0. The molecule has 0 fully saturated rings. The number of hydrogen-bond acceptors (Lipinski definition) is 5. The molecule has 0 spiro atoms. The second-order valence-corrected chi connectivity index (χ2v) is 7.43. The van der Waals surface area contributed by atoms with Crippen molar-refractivity contribution in [3.05, 3.63) is 87.8 Å². The van der Waals surface area contributed by atoms with E-state index in [1.54, 1.807) is 43.5 Å². The summed E-state index contributed by atoms with van der Waals surface area (Å²) in [6, 6.07) is 15.8. The van der Waals surface area contributed by atoms with Crippen LogP contribution < -0.4 is 10.9 Å². The molecule has 0 aliphatic rings. The van der Waals surface area contributed by atoms with Crippen molar-refractivity contribution >= 4 is 23.2 Å². The van der Waals surface area contributed by atoms with Crippen LogP contribution in [0.2, 0.25) is 5.02 Å². The van der Waals surface area contributed by atoms with E-state index in [1.165, 1.54) is 6.07 Å². The van der Waals surface area contributed by atoms with E-state index in [9.17, 15) is 9.59 Å². The fraction of sp³-hybridized carbons (Fsp3) is 0.130. The average Bonchev–Trinajstić information content (AvgIpc) is 3.21. The molecule has 0 atom stereocenters. The van der Waals surface area contributed by atoms with E-state index in [0.29, 0.717) is 45.9 Å². The number of halogens is 1. The zero-order valence-corrected chi connectivity index (χ0v) is 17.4. The fourth-order valence-electron chi connectivity index (χ4n) is 3.08. The molecule has 7 nitrogen and oxygen atoms in total. The molecular weight excluding hydrogens is 416 g/mol. The minimum Gasteiger partial charge on any atom is -0.441 e. The molecule has 2 N–H and O–H groups in total. The molecule has 1 amide bonds. The number of H-pyrrole nitrogens is 1. The Bertz CT molecular complexity index is 1280. The molecule has 4 aromatic rings. The lowest BCUT2D eigenvalue weighted by molar-refractivity contribution is -0.116. The molecule has 0 aliphatic carbocycles. The summed E-state index contributed by atoms with van der Waals surface area (Å²) in [7, 11) is 0. The van der Waals surface area contributed by atoms with Crippen molar-refractivity contribution in [3.63, 3.8) is 0 Å².